The quantitative estimate of drug-likeness (QED) is 0.607. The van der Waals surface area contributed by atoms with Gasteiger partial charge in [-0.15, -0.1) is 0 Å². The maximum atomic E-state index is 5.08. The SMILES string of the molecule is COC1Cn2nccc2N1. The zero-order valence-electron chi connectivity index (χ0n) is 5.74. The van der Waals surface area contributed by atoms with Crippen LogP contribution in [0.5, 0.6) is 0 Å². The average molecular weight is 139 g/mol. The summed E-state index contributed by atoms with van der Waals surface area (Å²) in [5.41, 5.74) is 0. The van der Waals surface area contributed by atoms with Gasteiger partial charge in [0.25, 0.3) is 0 Å². The molecular weight excluding hydrogens is 130 g/mol. The van der Waals surface area contributed by atoms with Gasteiger partial charge >= 0.3 is 0 Å². The van der Waals surface area contributed by atoms with Crippen molar-refractivity contribution in [3.05, 3.63) is 12.3 Å². The number of nitrogens with zero attached hydrogens (tertiary/aromatic N) is 2. The fraction of sp³-hybridized carbons (Fsp3) is 0.500. The van der Waals surface area contributed by atoms with Crippen LogP contribution < -0.4 is 5.32 Å². The molecule has 1 aromatic rings. The molecule has 4 nitrogen and oxygen atoms in total. The normalized spacial score (nSPS) is 22.3. The van der Waals surface area contributed by atoms with E-state index in [0.717, 1.165) is 12.4 Å². The van der Waals surface area contributed by atoms with Crippen LogP contribution in [0.25, 0.3) is 0 Å². The van der Waals surface area contributed by atoms with Gasteiger partial charge in [0, 0.05) is 13.2 Å². The number of rotatable bonds is 1. The minimum absolute atomic E-state index is 0.101. The second-order valence-corrected chi connectivity index (χ2v) is 2.27. The van der Waals surface area contributed by atoms with E-state index in [1.807, 2.05) is 10.7 Å². The van der Waals surface area contributed by atoms with Gasteiger partial charge in [-0.3, -0.25) is 0 Å². The Labute approximate surface area is 58.8 Å². The molecule has 54 valence electrons. The lowest BCUT2D eigenvalue weighted by molar-refractivity contribution is 0.119. The molecule has 2 rings (SSSR count). The molecule has 1 N–H and O–H groups in total. The number of aromatic nitrogens is 2. The summed E-state index contributed by atoms with van der Waals surface area (Å²) >= 11 is 0. The van der Waals surface area contributed by atoms with Gasteiger partial charge in [0.15, 0.2) is 0 Å². The van der Waals surface area contributed by atoms with Gasteiger partial charge in [-0.25, -0.2) is 4.68 Å². The molecule has 0 aromatic carbocycles. The van der Waals surface area contributed by atoms with Gasteiger partial charge in [0.05, 0.1) is 12.7 Å². The summed E-state index contributed by atoms with van der Waals surface area (Å²) < 4.78 is 6.96. The van der Waals surface area contributed by atoms with Gasteiger partial charge < -0.3 is 10.1 Å². The molecule has 0 fully saturated rings. The van der Waals surface area contributed by atoms with E-state index < -0.39 is 0 Å². The smallest absolute Gasteiger partial charge is 0.148 e. The van der Waals surface area contributed by atoms with Crippen LogP contribution in [0.15, 0.2) is 12.3 Å². The molecule has 10 heavy (non-hydrogen) atoms. The van der Waals surface area contributed by atoms with Crippen LogP contribution in [-0.2, 0) is 11.3 Å². The fourth-order valence-electron chi connectivity index (χ4n) is 1.10. The van der Waals surface area contributed by atoms with E-state index in [1.165, 1.54) is 0 Å². The van der Waals surface area contributed by atoms with E-state index in [1.54, 1.807) is 13.3 Å². The number of ether oxygens (including phenoxy) is 1. The van der Waals surface area contributed by atoms with Crippen molar-refractivity contribution in [2.45, 2.75) is 12.8 Å². The number of anilines is 1. The molecule has 1 aromatic heterocycles. The first-order valence-corrected chi connectivity index (χ1v) is 3.21. The molecule has 2 heterocycles. The van der Waals surface area contributed by atoms with Gasteiger partial charge in [0.2, 0.25) is 0 Å². The van der Waals surface area contributed by atoms with Crippen molar-refractivity contribution in [3.63, 3.8) is 0 Å². The minimum atomic E-state index is 0.101. The molecule has 4 heteroatoms. The Morgan fingerprint density at radius 2 is 2.80 bits per heavy atom. The van der Waals surface area contributed by atoms with Crippen molar-refractivity contribution in [1.29, 1.82) is 0 Å². The van der Waals surface area contributed by atoms with E-state index in [2.05, 4.69) is 10.4 Å². The number of fused-ring (bicyclic) bond motifs is 1. The van der Waals surface area contributed by atoms with Crippen LogP contribution in [0.3, 0.4) is 0 Å². The summed E-state index contributed by atoms with van der Waals surface area (Å²) in [4.78, 5) is 0. The van der Waals surface area contributed by atoms with Crippen molar-refractivity contribution in [2.75, 3.05) is 12.4 Å². The highest BCUT2D eigenvalue weighted by molar-refractivity contribution is 5.37. The Bertz CT molecular complexity index is 212. The van der Waals surface area contributed by atoms with E-state index in [-0.39, 0.29) is 6.23 Å². The number of hydrogen-bond donors (Lipinski definition) is 1. The lowest BCUT2D eigenvalue weighted by Gasteiger charge is -2.05. The first-order valence-electron chi connectivity index (χ1n) is 3.21. The lowest BCUT2D eigenvalue weighted by atomic mass is 10.6. The summed E-state index contributed by atoms with van der Waals surface area (Å²) in [6.45, 7) is 0.804. The second-order valence-electron chi connectivity index (χ2n) is 2.27. The summed E-state index contributed by atoms with van der Waals surface area (Å²) in [6, 6.07) is 1.93. The van der Waals surface area contributed by atoms with Crippen LogP contribution in [0.1, 0.15) is 0 Å². The predicted octanol–water partition coefficient (Wildman–Crippen LogP) is 0.281. The number of methoxy groups -OCH3 is 1. The Morgan fingerprint density at radius 3 is 3.50 bits per heavy atom. The van der Waals surface area contributed by atoms with Crippen molar-refractivity contribution in [2.24, 2.45) is 0 Å². The lowest BCUT2D eigenvalue weighted by Crippen LogP contribution is -2.18. The van der Waals surface area contributed by atoms with E-state index in [4.69, 9.17) is 4.74 Å². The molecule has 0 aliphatic carbocycles. The topological polar surface area (TPSA) is 39.1 Å². The van der Waals surface area contributed by atoms with Crippen molar-refractivity contribution >= 4 is 5.82 Å². The monoisotopic (exact) mass is 139 g/mol. The van der Waals surface area contributed by atoms with Gasteiger partial charge in [-0.1, -0.05) is 0 Å². The molecule has 0 saturated heterocycles. The van der Waals surface area contributed by atoms with Crippen LogP contribution in [0, 0.1) is 0 Å². The molecule has 1 unspecified atom stereocenters. The summed E-state index contributed by atoms with van der Waals surface area (Å²) in [5, 5.41) is 7.21. The van der Waals surface area contributed by atoms with Crippen molar-refractivity contribution in [1.82, 2.24) is 9.78 Å². The molecule has 0 spiro atoms. The third-order valence-corrected chi connectivity index (χ3v) is 1.65. The highest BCUT2D eigenvalue weighted by Crippen LogP contribution is 2.16. The average Bonchev–Trinajstić information content (AvgIpc) is 2.42. The molecule has 1 aliphatic heterocycles. The van der Waals surface area contributed by atoms with E-state index in [9.17, 15) is 0 Å². The number of hydrogen-bond acceptors (Lipinski definition) is 3. The van der Waals surface area contributed by atoms with Crippen molar-refractivity contribution < 1.29 is 4.74 Å². The van der Waals surface area contributed by atoms with E-state index >= 15 is 0 Å². The Kier molecular flexibility index (Phi) is 1.14. The first kappa shape index (κ1) is 5.73. The maximum absolute atomic E-state index is 5.08. The Morgan fingerprint density at radius 1 is 1.90 bits per heavy atom. The second kappa shape index (κ2) is 1.98. The van der Waals surface area contributed by atoms with Crippen LogP contribution in [0.2, 0.25) is 0 Å². The largest absolute Gasteiger partial charge is 0.360 e. The molecule has 1 aliphatic rings. The third kappa shape index (κ3) is 0.690. The van der Waals surface area contributed by atoms with E-state index in [0.29, 0.717) is 0 Å². The molecule has 0 saturated carbocycles. The molecule has 0 bridgehead atoms. The third-order valence-electron chi connectivity index (χ3n) is 1.65. The summed E-state index contributed by atoms with van der Waals surface area (Å²) in [5.74, 6) is 1.03. The highest BCUT2D eigenvalue weighted by Gasteiger charge is 2.18. The van der Waals surface area contributed by atoms with Gasteiger partial charge in [-0.05, 0) is 0 Å². The highest BCUT2D eigenvalue weighted by atomic mass is 16.5. The number of nitrogens with one attached hydrogen (secondary N) is 1. The summed E-state index contributed by atoms with van der Waals surface area (Å²) in [7, 11) is 1.68. The van der Waals surface area contributed by atoms with Gasteiger partial charge in [0.1, 0.15) is 12.0 Å². The minimum Gasteiger partial charge on any atom is -0.360 e. The molecule has 1 atom stereocenters. The predicted molar refractivity (Wildman–Crippen MR) is 36.6 cm³/mol. The molecular formula is C6H9N3O. The molecule has 0 amide bonds. The fourth-order valence-corrected chi connectivity index (χ4v) is 1.10. The molecule has 0 radical (unpaired) electrons. The van der Waals surface area contributed by atoms with Gasteiger partial charge in [-0.2, -0.15) is 5.10 Å². The van der Waals surface area contributed by atoms with Crippen LogP contribution in [0.4, 0.5) is 5.82 Å². The Balaban J connectivity index is 2.21. The van der Waals surface area contributed by atoms with Crippen LogP contribution in [-0.4, -0.2) is 23.1 Å². The first-order chi connectivity index (χ1) is 4.90. The maximum Gasteiger partial charge on any atom is 0.148 e. The zero-order chi connectivity index (χ0) is 6.97. The summed E-state index contributed by atoms with van der Waals surface area (Å²) in [6.07, 6.45) is 1.87. The van der Waals surface area contributed by atoms with Crippen LogP contribution >= 0.6 is 0 Å². The Hall–Kier alpha value is -1.03. The standard InChI is InChI=1S/C6H9N3O/c1-10-6-4-9-5(8-6)2-3-7-9/h2-3,6,8H,4H2,1H3. The van der Waals surface area contributed by atoms with Crippen molar-refractivity contribution in [3.8, 4) is 0 Å². The zero-order valence-corrected chi connectivity index (χ0v) is 5.74.